The molecule has 0 amide bonds. The van der Waals surface area contributed by atoms with E-state index in [2.05, 4.69) is 25.7 Å². The molecule has 1 heterocycles. The molecule has 0 radical (unpaired) electrons. The van der Waals surface area contributed by atoms with Gasteiger partial charge in [-0.2, -0.15) is 0 Å². The van der Waals surface area contributed by atoms with Crippen molar-refractivity contribution >= 4 is 0 Å². The van der Waals surface area contributed by atoms with E-state index in [4.69, 9.17) is 5.73 Å². The molecule has 1 saturated carbocycles. The van der Waals surface area contributed by atoms with Gasteiger partial charge in [0, 0.05) is 25.2 Å². The van der Waals surface area contributed by atoms with Gasteiger partial charge in [-0.15, -0.1) is 0 Å². The normalized spacial score (nSPS) is 47.8. The highest BCUT2D eigenvalue weighted by atomic mass is 15.2. The molecular formula is C10H20N2. The number of hydrogen-bond acceptors (Lipinski definition) is 2. The number of fused-ring (bicyclic) bond motifs is 1. The maximum absolute atomic E-state index is 5.98. The molecule has 3 atom stereocenters. The van der Waals surface area contributed by atoms with E-state index >= 15 is 0 Å². The van der Waals surface area contributed by atoms with Crippen LogP contribution in [0.1, 0.15) is 27.2 Å². The second kappa shape index (κ2) is 2.46. The zero-order chi connectivity index (χ0) is 8.93. The molecule has 1 saturated heterocycles. The Morgan fingerprint density at radius 1 is 1.50 bits per heavy atom. The minimum atomic E-state index is 0.485. The lowest BCUT2D eigenvalue weighted by molar-refractivity contribution is 0.0754. The fourth-order valence-electron chi connectivity index (χ4n) is 2.90. The maximum Gasteiger partial charge on any atom is 0.00908 e. The van der Waals surface area contributed by atoms with E-state index in [-0.39, 0.29) is 0 Å². The van der Waals surface area contributed by atoms with E-state index in [1.807, 2.05) is 0 Å². The van der Waals surface area contributed by atoms with Crippen molar-refractivity contribution in [1.82, 2.24) is 4.90 Å². The van der Waals surface area contributed by atoms with Gasteiger partial charge in [-0.1, -0.05) is 6.92 Å². The third-order valence-electron chi connectivity index (χ3n) is 3.84. The lowest BCUT2D eigenvalue weighted by Gasteiger charge is -2.46. The number of rotatable bonds is 1. The molecule has 1 aliphatic heterocycles. The summed E-state index contributed by atoms with van der Waals surface area (Å²) in [5, 5.41) is 0. The van der Waals surface area contributed by atoms with E-state index in [0.29, 0.717) is 17.5 Å². The van der Waals surface area contributed by atoms with Gasteiger partial charge in [0.2, 0.25) is 0 Å². The topological polar surface area (TPSA) is 29.3 Å². The Kier molecular flexibility index (Phi) is 1.74. The highest BCUT2D eigenvalue weighted by molar-refractivity contribution is 5.08. The number of likely N-dealkylation sites (tertiary alicyclic amines) is 1. The second-order valence-corrected chi connectivity index (χ2v) is 5.15. The van der Waals surface area contributed by atoms with Crippen molar-refractivity contribution in [3.63, 3.8) is 0 Å². The largest absolute Gasteiger partial charge is 0.327 e. The van der Waals surface area contributed by atoms with Crippen LogP contribution in [0.25, 0.3) is 0 Å². The van der Waals surface area contributed by atoms with Crippen molar-refractivity contribution in [1.29, 1.82) is 0 Å². The van der Waals surface area contributed by atoms with Gasteiger partial charge >= 0.3 is 0 Å². The van der Waals surface area contributed by atoms with E-state index in [1.165, 1.54) is 19.5 Å². The van der Waals surface area contributed by atoms with Crippen molar-refractivity contribution in [2.45, 2.75) is 39.3 Å². The Bertz CT molecular complexity index is 190. The molecular weight excluding hydrogens is 148 g/mol. The Labute approximate surface area is 75.1 Å². The summed E-state index contributed by atoms with van der Waals surface area (Å²) in [5.41, 5.74) is 6.54. The average molecular weight is 168 g/mol. The van der Waals surface area contributed by atoms with Gasteiger partial charge in [-0.25, -0.2) is 0 Å². The monoisotopic (exact) mass is 168 g/mol. The molecule has 2 aliphatic rings. The summed E-state index contributed by atoms with van der Waals surface area (Å²) in [6, 6.07) is 1.18. The standard InChI is InChI=1S/C10H20N2/c1-7(2)12-5-8-9(11)4-10(8,3)6-12/h7-9H,4-6,11H2,1-3H3/t8?,9-,10-/m1/s1. The van der Waals surface area contributed by atoms with Crippen molar-refractivity contribution in [2.24, 2.45) is 17.1 Å². The maximum atomic E-state index is 5.98. The SMILES string of the molecule is CC(C)N1CC2[C@H](N)C[C@]2(C)C1. The minimum absolute atomic E-state index is 0.485. The van der Waals surface area contributed by atoms with Crippen LogP contribution in [0.4, 0.5) is 0 Å². The molecule has 2 rings (SSSR count). The summed E-state index contributed by atoms with van der Waals surface area (Å²) < 4.78 is 0. The summed E-state index contributed by atoms with van der Waals surface area (Å²) in [5.74, 6) is 0.778. The molecule has 12 heavy (non-hydrogen) atoms. The highest BCUT2D eigenvalue weighted by Gasteiger charge is 2.54. The van der Waals surface area contributed by atoms with E-state index in [9.17, 15) is 0 Å². The Morgan fingerprint density at radius 3 is 2.58 bits per heavy atom. The molecule has 70 valence electrons. The zero-order valence-corrected chi connectivity index (χ0v) is 8.38. The first-order valence-electron chi connectivity index (χ1n) is 5.02. The highest BCUT2D eigenvalue weighted by Crippen LogP contribution is 2.50. The van der Waals surface area contributed by atoms with Gasteiger partial charge in [-0.05, 0) is 31.6 Å². The van der Waals surface area contributed by atoms with Crippen molar-refractivity contribution in [3.8, 4) is 0 Å². The summed E-state index contributed by atoms with van der Waals surface area (Å²) in [7, 11) is 0. The first-order valence-corrected chi connectivity index (χ1v) is 5.02. The van der Waals surface area contributed by atoms with Crippen LogP contribution in [0, 0.1) is 11.3 Å². The van der Waals surface area contributed by atoms with Crippen LogP contribution in [0.2, 0.25) is 0 Å². The first-order chi connectivity index (χ1) is 5.53. The molecule has 2 heteroatoms. The quantitative estimate of drug-likeness (QED) is 0.634. The molecule has 2 nitrogen and oxygen atoms in total. The Balaban J connectivity index is 2.04. The molecule has 1 aliphatic carbocycles. The van der Waals surface area contributed by atoms with Crippen LogP contribution in [0.15, 0.2) is 0 Å². The molecule has 0 bridgehead atoms. The first kappa shape index (κ1) is 8.52. The summed E-state index contributed by atoms with van der Waals surface area (Å²) >= 11 is 0. The van der Waals surface area contributed by atoms with Gasteiger partial charge in [0.25, 0.3) is 0 Å². The van der Waals surface area contributed by atoms with Crippen LogP contribution < -0.4 is 5.73 Å². The van der Waals surface area contributed by atoms with Crippen molar-refractivity contribution in [3.05, 3.63) is 0 Å². The van der Waals surface area contributed by atoms with Gasteiger partial charge in [0.1, 0.15) is 0 Å². The van der Waals surface area contributed by atoms with Crippen molar-refractivity contribution in [2.75, 3.05) is 13.1 Å². The predicted octanol–water partition coefficient (Wildman–Crippen LogP) is 1.06. The number of nitrogens with zero attached hydrogens (tertiary/aromatic N) is 1. The van der Waals surface area contributed by atoms with E-state index in [1.54, 1.807) is 0 Å². The summed E-state index contributed by atoms with van der Waals surface area (Å²) in [6.07, 6.45) is 1.24. The summed E-state index contributed by atoms with van der Waals surface area (Å²) in [6.45, 7) is 9.45. The van der Waals surface area contributed by atoms with Gasteiger partial charge in [-0.3, -0.25) is 0 Å². The van der Waals surface area contributed by atoms with Gasteiger partial charge in [0.15, 0.2) is 0 Å². The van der Waals surface area contributed by atoms with E-state index < -0.39 is 0 Å². The smallest absolute Gasteiger partial charge is 0.00908 e. The number of hydrogen-bond donors (Lipinski definition) is 1. The Morgan fingerprint density at radius 2 is 2.17 bits per heavy atom. The Hall–Kier alpha value is -0.0800. The molecule has 0 aromatic rings. The fraction of sp³-hybridized carbons (Fsp3) is 1.00. The van der Waals surface area contributed by atoms with Crippen LogP contribution in [-0.4, -0.2) is 30.1 Å². The molecule has 2 fully saturated rings. The molecule has 1 unspecified atom stereocenters. The minimum Gasteiger partial charge on any atom is -0.327 e. The zero-order valence-electron chi connectivity index (χ0n) is 8.38. The summed E-state index contributed by atoms with van der Waals surface area (Å²) in [4.78, 5) is 2.57. The second-order valence-electron chi connectivity index (χ2n) is 5.15. The number of nitrogens with two attached hydrogens (primary N) is 1. The van der Waals surface area contributed by atoms with E-state index in [0.717, 1.165) is 5.92 Å². The van der Waals surface area contributed by atoms with Crippen LogP contribution in [-0.2, 0) is 0 Å². The van der Waals surface area contributed by atoms with Crippen molar-refractivity contribution < 1.29 is 0 Å². The molecule has 0 aromatic heterocycles. The van der Waals surface area contributed by atoms with Gasteiger partial charge < -0.3 is 10.6 Å². The fourth-order valence-corrected chi connectivity index (χ4v) is 2.90. The lowest BCUT2D eigenvalue weighted by Crippen LogP contribution is -2.53. The van der Waals surface area contributed by atoms with Crippen LogP contribution >= 0.6 is 0 Å². The van der Waals surface area contributed by atoms with Crippen LogP contribution in [0.5, 0.6) is 0 Å². The third kappa shape index (κ3) is 1.01. The molecule has 0 spiro atoms. The van der Waals surface area contributed by atoms with Crippen LogP contribution in [0.3, 0.4) is 0 Å². The molecule has 0 aromatic carbocycles. The third-order valence-corrected chi connectivity index (χ3v) is 3.84. The molecule has 2 N–H and O–H groups in total. The lowest BCUT2D eigenvalue weighted by atomic mass is 9.60. The van der Waals surface area contributed by atoms with Gasteiger partial charge in [0.05, 0.1) is 0 Å². The average Bonchev–Trinajstić information content (AvgIpc) is 2.22. The predicted molar refractivity (Wildman–Crippen MR) is 50.9 cm³/mol.